The van der Waals surface area contributed by atoms with Crippen molar-refractivity contribution in [3.8, 4) is 0 Å². The number of unbranched alkanes of at least 4 members (excludes halogenated alkanes) is 2. The monoisotopic (exact) mass is 426 g/mol. The van der Waals surface area contributed by atoms with Crippen LogP contribution >= 0.6 is 0 Å². The summed E-state index contributed by atoms with van der Waals surface area (Å²) in [6.45, 7) is 6.01. The molecule has 0 radical (unpaired) electrons. The van der Waals surface area contributed by atoms with Gasteiger partial charge in [-0.1, -0.05) is 0 Å². The maximum atomic E-state index is 9.72. The van der Waals surface area contributed by atoms with Crippen LogP contribution in [0.15, 0.2) is 0 Å². The van der Waals surface area contributed by atoms with Crippen molar-refractivity contribution in [1.82, 2.24) is 10.6 Å². The molecule has 29 heavy (non-hydrogen) atoms. The van der Waals surface area contributed by atoms with Crippen molar-refractivity contribution in [3.63, 3.8) is 0 Å². The van der Waals surface area contributed by atoms with Crippen LogP contribution in [0.1, 0.15) is 44.9 Å². The Balaban J connectivity index is -0.000000350. The van der Waals surface area contributed by atoms with E-state index in [1.807, 2.05) is 0 Å². The predicted octanol–water partition coefficient (Wildman–Crippen LogP) is -1.70. The van der Waals surface area contributed by atoms with Gasteiger partial charge < -0.3 is 47.6 Å². The average Bonchev–Trinajstić information content (AvgIpc) is 2.68. The van der Waals surface area contributed by atoms with Crippen LogP contribution in [-0.2, 0) is 9.59 Å². The first-order chi connectivity index (χ1) is 13.9. The molecule has 0 spiro atoms. The molecule has 0 aromatic rings. The van der Waals surface area contributed by atoms with Crippen LogP contribution in [-0.4, -0.2) is 96.1 Å². The van der Waals surface area contributed by atoms with Crippen LogP contribution in [0, 0.1) is 0 Å². The third kappa shape index (κ3) is 38.0. The van der Waals surface area contributed by atoms with Gasteiger partial charge in [-0.3, -0.25) is 4.79 Å². The Morgan fingerprint density at radius 1 is 0.724 bits per heavy atom. The number of aliphatic carboxylic acids is 2. The summed E-state index contributed by atoms with van der Waals surface area (Å²) in [5.74, 6) is -2.85. The van der Waals surface area contributed by atoms with Crippen molar-refractivity contribution >= 4 is 11.9 Å². The predicted molar refractivity (Wildman–Crippen MR) is 112 cm³/mol. The van der Waals surface area contributed by atoms with E-state index < -0.39 is 24.5 Å². The summed E-state index contributed by atoms with van der Waals surface area (Å²) in [5.41, 5.74) is 10.6. The van der Waals surface area contributed by atoms with Crippen LogP contribution in [0.3, 0.4) is 0 Å². The van der Waals surface area contributed by atoms with Crippen molar-refractivity contribution in [3.05, 3.63) is 0 Å². The maximum Gasteiger partial charge on any atom is 0.333 e. The molecule has 11 heteroatoms. The number of carbonyl (C=O) groups is 2. The van der Waals surface area contributed by atoms with Crippen molar-refractivity contribution in [2.45, 2.75) is 51.0 Å². The molecule has 1 unspecified atom stereocenters. The molecule has 0 heterocycles. The molecule has 0 bridgehead atoms. The number of rotatable bonds is 17. The van der Waals surface area contributed by atoms with Crippen molar-refractivity contribution < 1.29 is 35.1 Å². The second kappa shape index (κ2) is 28.9. The average molecular weight is 427 g/mol. The van der Waals surface area contributed by atoms with Crippen molar-refractivity contribution in [2.75, 3.05) is 52.5 Å². The zero-order valence-electron chi connectivity index (χ0n) is 17.4. The number of nitrogens with two attached hydrogens (primary N) is 2. The number of carboxylic acids is 2. The zero-order valence-corrected chi connectivity index (χ0v) is 17.4. The number of hydrogen-bond acceptors (Lipinski definition) is 9. The minimum Gasteiger partial charge on any atom is -0.481 e. The first-order valence-corrected chi connectivity index (χ1v) is 10.0. The van der Waals surface area contributed by atoms with Crippen molar-refractivity contribution in [2.24, 2.45) is 11.5 Å². The van der Waals surface area contributed by atoms with Gasteiger partial charge in [0.15, 0.2) is 6.10 Å². The SMILES string of the molecule is NCCCCNCCCO.NCCCCNCCCO.O=C(O)CC(O)C(=O)O. The summed E-state index contributed by atoms with van der Waals surface area (Å²) in [6.07, 6.45) is 3.62. The fourth-order valence-electron chi connectivity index (χ4n) is 1.70. The van der Waals surface area contributed by atoms with Crippen LogP contribution < -0.4 is 22.1 Å². The molecule has 0 fully saturated rings. The van der Waals surface area contributed by atoms with Gasteiger partial charge in [0.05, 0.1) is 6.42 Å². The van der Waals surface area contributed by atoms with E-state index in [1.165, 1.54) is 0 Å². The number of aliphatic hydroxyl groups excluding tert-OH is 3. The fraction of sp³-hybridized carbons (Fsp3) is 0.889. The second-order valence-corrected chi connectivity index (χ2v) is 6.10. The highest BCUT2D eigenvalue weighted by molar-refractivity contribution is 5.79. The van der Waals surface area contributed by atoms with Gasteiger partial charge in [0.2, 0.25) is 0 Å². The molecule has 0 aliphatic heterocycles. The van der Waals surface area contributed by atoms with Gasteiger partial charge in [-0.05, 0) is 77.8 Å². The topological polar surface area (TPSA) is 211 Å². The second-order valence-electron chi connectivity index (χ2n) is 6.10. The van der Waals surface area contributed by atoms with Crippen LogP contribution in [0.4, 0.5) is 0 Å². The van der Waals surface area contributed by atoms with E-state index >= 15 is 0 Å². The van der Waals surface area contributed by atoms with E-state index in [2.05, 4.69) is 10.6 Å². The lowest BCUT2D eigenvalue weighted by atomic mass is 10.3. The molecule has 1 atom stereocenters. The molecule has 0 saturated heterocycles. The third-order valence-corrected chi connectivity index (χ3v) is 3.29. The number of carboxylic acid groups (broad SMARTS) is 2. The first kappa shape index (κ1) is 32.3. The Hall–Kier alpha value is -1.34. The Bertz CT molecular complexity index is 318. The quantitative estimate of drug-likeness (QED) is 0.120. The van der Waals surface area contributed by atoms with Gasteiger partial charge in [0, 0.05) is 13.2 Å². The standard InChI is InChI=1S/2C7H18N2O.C4H6O5/c2*8-4-1-2-5-9-6-3-7-10;5-2(4(8)9)1-3(6)7/h2*9-10H,1-8H2;2,5H,1H2,(H,6,7)(H,8,9). The van der Waals surface area contributed by atoms with E-state index in [0.29, 0.717) is 0 Å². The molecular weight excluding hydrogens is 384 g/mol. The highest BCUT2D eigenvalue weighted by atomic mass is 16.4. The summed E-state index contributed by atoms with van der Waals surface area (Å²) in [6, 6.07) is 0. The molecule has 0 amide bonds. The summed E-state index contributed by atoms with van der Waals surface area (Å²) >= 11 is 0. The van der Waals surface area contributed by atoms with Gasteiger partial charge >= 0.3 is 11.9 Å². The fourth-order valence-corrected chi connectivity index (χ4v) is 1.70. The summed E-state index contributed by atoms with van der Waals surface area (Å²) in [7, 11) is 0. The Kier molecular flexibility index (Phi) is 32.2. The number of aliphatic hydroxyl groups is 3. The molecule has 11 N–H and O–H groups in total. The first-order valence-electron chi connectivity index (χ1n) is 10.0. The molecule has 11 nitrogen and oxygen atoms in total. The zero-order chi connectivity index (χ0) is 22.8. The van der Waals surface area contributed by atoms with Gasteiger partial charge in [0.1, 0.15) is 0 Å². The third-order valence-electron chi connectivity index (χ3n) is 3.29. The van der Waals surface area contributed by atoms with Crippen LogP contribution in [0.5, 0.6) is 0 Å². The van der Waals surface area contributed by atoms with E-state index in [9.17, 15) is 9.59 Å². The molecule has 0 aliphatic rings. The van der Waals surface area contributed by atoms with E-state index in [4.69, 9.17) is 37.0 Å². The molecular formula is C18H42N4O7. The van der Waals surface area contributed by atoms with Crippen LogP contribution in [0.2, 0.25) is 0 Å². The number of nitrogens with one attached hydrogen (secondary N) is 2. The molecule has 0 rings (SSSR count). The Labute approximate surface area is 173 Å². The van der Waals surface area contributed by atoms with Gasteiger partial charge in [-0.2, -0.15) is 0 Å². The highest BCUT2D eigenvalue weighted by Crippen LogP contribution is 1.89. The summed E-state index contributed by atoms with van der Waals surface area (Å²) in [4.78, 5) is 19.4. The van der Waals surface area contributed by atoms with Gasteiger partial charge in [-0.15, -0.1) is 0 Å². The number of hydrogen-bond donors (Lipinski definition) is 9. The van der Waals surface area contributed by atoms with Gasteiger partial charge in [0.25, 0.3) is 0 Å². The minimum absolute atomic E-state index is 0.282. The minimum atomic E-state index is -1.79. The highest BCUT2D eigenvalue weighted by Gasteiger charge is 2.16. The molecule has 0 saturated carbocycles. The van der Waals surface area contributed by atoms with Crippen molar-refractivity contribution in [1.29, 1.82) is 0 Å². The largest absolute Gasteiger partial charge is 0.481 e. The smallest absolute Gasteiger partial charge is 0.333 e. The lowest BCUT2D eigenvalue weighted by Crippen LogP contribution is -2.22. The van der Waals surface area contributed by atoms with Crippen LogP contribution in [0.25, 0.3) is 0 Å². The van der Waals surface area contributed by atoms with E-state index in [1.54, 1.807) is 0 Å². The molecule has 0 aliphatic carbocycles. The molecule has 176 valence electrons. The lowest BCUT2D eigenvalue weighted by molar-refractivity contribution is -0.152. The lowest BCUT2D eigenvalue weighted by Gasteiger charge is -2.00. The summed E-state index contributed by atoms with van der Waals surface area (Å²) < 4.78 is 0. The maximum absolute atomic E-state index is 9.72. The Morgan fingerprint density at radius 2 is 1.10 bits per heavy atom. The summed E-state index contributed by atoms with van der Waals surface area (Å²) in [5, 5.41) is 47.4. The molecule has 0 aromatic carbocycles. The molecule has 0 aromatic heterocycles. The van der Waals surface area contributed by atoms with E-state index in [-0.39, 0.29) is 13.2 Å². The Morgan fingerprint density at radius 3 is 1.34 bits per heavy atom. The normalized spacial score (nSPS) is 10.9. The van der Waals surface area contributed by atoms with E-state index in [0.717, 1.165) is 77.8 Å². The van der Waals surface area contributed by atoms with Gasteiger partial charge in [-0.25, -0.2) is 4.79 Å².